The van der Waals surface area contributed by atoms with Crippen molar-refractivity contribution in [2.45, 2.75) is 19.9 Å². The first-order valence-electron chi connectivity index (χ1n) is 6.52. The van der Waals surface area contributed by atoms with Gasteiger partial charge < -0.3 is 14.9 Å². The lowest BCUT2D eigenvalue weighted by Crippen LogP contribution is -2.34. The van der Waals surface area contributed by atoms with Crippen LogP contribution in [0, 0.1) is 12.8 Å². The summed E-state index contributed by atoms with van der Waals surface area (Å²) >= 11 is 0. The molecule has 0 bridgehead atoms. The summed E-state index contributed by atoms with van der Waals surface area (Å²) in [4.78, 5) is 20.0. The maximum absolute atomic E-state index is 11.4. The normalized spacial score (nSPS) is 23.1. The average molecular weight is 263 g/mol. The molecule has 0 amide bonds. The summed E-state index contributed by atoms with van der Waals surface area (Å²) in [6.07, 6.45) is 1.69. The molecule has 1 saturated heterocycles. The van der Waals surface area contributed by atoms with Gasteiger partial charge in [-0.25, -0.2) is 9.78 Å². The number of hydrogen-bond donors (Lipinski definition) is 1. The maximum atomic E-state index is 11.4. The first-order chi connectivity index (χ1) is 8.91. The van der Waals surface area contributed by atoms with Gasteiger partial charge in [-0.1, -0.05) is 6.92 Å². The van der Waals surface area contributed by atoms with Crippen molar-refractivity contribution >= 4 is 11.8 Å². The van der Waals surface area contributed by atoms with Crippen LogP contribution in [-0.2, 0) is 0 Å². The molecule has 0 radical (unpaired) electrons. The summed E-state index contributed by atoms with van der Waals surface area (Å²) in [5.41, 5.74) is 1.09. The van der Waals surface area contributed by atoms with Crippen molar-refractivity contribution in [1.29, 1.82) is 0 Å². The molecular formula is C14H21N3O2. The quantitative estimate of drug-likeness (QED) is 0.895. The van der Waals surface area contributed by atoms with Crippen LogP contribution in [0.25, 0.3) is 0 Å². The zero-order valence-electron chi connectivity index (χ0n) is 11.9. The molecule has 5 nitrogen and oxygen atoms in total. The summed E-state index contributed by atoms with van der Waals surface area (Å²) in [5, 5.41) is 9.37. The van der Waals surface area contributed by atoms with Gasteiger partial charge in [0.2, 0.25) is 0 Å². The Morgan fingerprint density at radius 1 is 1.47 bits per heavy atom. The van der Waals surface area contributed by atoms with Gasteiger partial charge in [-0.2, -0.15) is 0 Å². The second-order valence-corrected chi connectivity index (χ2v) is 5.54. The van der Waals surface area contributed by atoms with Crippen molar-refractivity contribution in [3.8, 4) is 0 Å². The number of pyridine rings is 1. The Morgan fingerprint density at radius 2 is 2.16 bits per heavy atom. The molecule has 1 fully saturated rings. The third-order valence-corrected chi connectivity index (χ3v) is 3.89. The molecule has 2 heterocycles. The van der Waals surface area contributed by atoms with E-state index in [-0.39, 0.29) is 0 Å². The average Bonchev–Trinajstić information content (AvgIpc) is 2.70. The molecule has 104 valence electrons. The molecule has 1 aliphatic rings. The van der Waals surface area contributed by atoms with Crippen molar-refractivity contribution in [3.05, 3.63) is 23.4 Å². The van der Waals surface area contributed by atoms with Gasteiger partial charge in [-0.3, -0.25) is 0 Å². The molecule has 5 heteroatoms. The van der Waals surface area contributed by atoms with Crippen molar-refractivity contribution in [1.82, 2.24) is 9.88 Å². The predicted molar refractivity (Wildman–Crippen MR) is 74.8 cm³/mol. The molecule has 19 heavy (non-hydrogen) atoms. The Kier molecular flexibility index (Phi) is 3.75. The van der Waals surface area contributed by atoms with Crippen LogP contribution in [0.3, 0.4) is 0 Å². The Hall–Kier alpha value is -1.62. The zero-order chi connectivity index (χ0) is 14.2. The second kappa shape index (κ2) is 5.17. The van der Waals surface area contributed by atoms with Gasteiger partial charge in [0.25, 0.3) is 0 Å². The van der Waals surface area contributed by atoms with Crippen LogP contribution in [-0.4, -0.2) is 54.2 Å². The Bertz CT molecular complexity index is 488. The highest BCUT2D eigenvalue weighted by Gasteiger charge is 2.33. The van der Waals surface area contributed by atoms with Gasteiger partial charge in [0.15, 0.2) is 0 Å². The van der Waals surface area contributed by atoms with E-state index in [2.05, 4.69) is 35.8 Å². The first kappa shape index (κ1) is 13.8. The van der Waals surface area contributed by atoms with E-state index >= 15 is 0 Å². The third kappa shape index (κ3) is 2.56. The summed E-state index contributed by atoms with van der Waals surface area (Å²) in [7, 11) is 4.12. The predicted octanol–water partition coefficient (Wildman–Crippen LogP) is 1.47. The fourth-order valence-corrected chi connectivity index (χ4v) is 2.84. The number of carboxylic acid groups (broad SMARTS) is 1. The number of aromatic nitrogens is 1. The minimum Gasteiger partial charge on any atom is -0.478 e. The molecule has 1 aromatic rings. The molecule has 0 aromatic carbocycles. The van der Waals surface area contributed by atoms with Crippen molar-refractivity contribution in [2.24, 2.45) is 5.92 Å². The summed E-state index contributed by atoms with van der Waals surface area (Å²) in [5.74, 6) is 0.198. The van der Waals surface area contributed by atoms with Crippen LogP contribution in [0.1, 0.15) is 22.8 Å². The van der Waals surface area contributed by atoms with Crippen LogP contribution in [0.4, 0.5) is 5.82 Å². The topological polar surface area (TPSA) is 56.7 Å². The molecule has 1 aliphatic heterocycles. The van der Waals surface area contributed by atoms with E-state index in [0.29, 0.717) is 23.3 Å². The van der Waals surface area contributed by atoms with Gasteiger partial charge >= 0.3 is 5.97 Å². The van der Waals surface area contributed by atoms with Crippen LogP contribution >= 0.6 is 0 Å². The number of aryl methyl sites for hydroxylation is 1. The number of likely N-dealkylation sites (N-methyl/N-ethyl adjacent to an activating group) is 1. The van der Waals surface area contributed by atoms with E-state index in [0.717, 1.165) is 18.7 Å². The number of anilines is 1. The fraction of sp³-hybridized carbons (Fsp3) is 0.571. The van der Waals surface area contributed by atoms with Crippen LogP contribution in [0.5, 0.6) is 0 Å². The number of carbonyl (C=O) groups is 1. The maximum Gasteiger partial charge on any atom is 0.339 e. The Morgan fingerprint density at radius 3 is 2.68 bits per heavy atom. The minimum absolute atomic E-state index is 0.328. The standard InChI is InChI=1S/C14H21N3O2/c1-9-5-6-15-13(12(9)14(18)19)17-7-10(2)11(8-17)16(3)4/h5-6,10-11H,7-8H2,1-4H3,(H,18,19). The summed E-state index contributed by atoms with van der Waals surface area (Å²) in [6.45, 7) is 5.68. The molecule has 0 aliphatic carbocycles. The fourth-order valence-electron chi connectivity index (χ4n) is 2.84. The lowest BCUT2D eigenvalue weighted by atomic mass is 10.1. The minimum atomic E-state index is -0.901. The van der Waals surface area contributed by atoms with E-state index in [4.69, 9.17) is 0 Å². The molecule has 0 saturated carbocycles. The number of rotatable bonds is 3. The van der Waals surface area contributed by atoms with Crippen molar-refractivity contribution in [2.75, 3.05) is 32.1 Å². The van der Waals surface area contributed by atoms with Crippen LogP contribution in [0.2, 0.25) is 0 Å². The smallest absolute Gasteiger partial charge is 0.339 e. The highest BCUT2D eigenvalue weighted by Crippen LogP contribution is 2.28. The number of hydrogen-bond acceptors (Lipinski definition) is 4. The molecule has 2 atom stereocenters. The molecule has 0 spiro atoms. The third-order valence-electron chi connectivity index (χ3n) is 3.89. The highest BCUT2D eigenvalue weighted by atomic mass is 16.4. The SMILES string of the molecule is Cc1ccnc(N2CC(C)C(N(C)C)C2)c1C(=O)O. The van der Waals surface area contributed by atoms with Gasteiger partial charge in [-0.05, 0) is 38.6 Å². The van der Waals surface area contributed by atoms with Crippen molar-refractivity contribution in [3.63, 3.8) is 0 Å². The highest BCUT2D eigenvalue weighted by molar-refractivity contribution is 5.95. The largest absolute Gasteiger partial charge is 0.478 e. The van der Waals surface area contributed by atoms with E-state index in [1.807, 2.05) is 6.92 Å². The summed E-state index contributed by atoms with van der Waals surface area (Å²) < 4.78 is 0. The van der Waals surface area contributed by atoms with Gasteiger partial charge in [0.1, 0.15) is 11.4 Å². The van der Waals surface area contributed by atoms with Gasteiger partial charge in [-0.15, -0.1) is 0 Å². The van der Waals surface area contributed by atoms with E-state index in [1.165, 1.54) is 0 Å². The van der Waals surface area contributed by atoms with Crippen LogP contribution < -0.4 is 4.90 Å². The summed E-state index contributed by atoms with van der Waals surface area (Å²) in [6, 6.07) is 2.18. The first-order valence-corrected chi connectivity index (χ1v) is 6.52. The zero-order valence-corrected chi connectivity index (χ0v) is 11.9. The van der Waals surface area contributed by atoms with Crippen LogP contribution in [0.15, 0.2) is 12.3 Å². The monoisotopic (exact) mass is 263 g/mol. The Balaban J connectivity index is 2.34. The molecule has 2 rings (SSSR count). The number of nitrogens with zero attached hydrogens (tertiary/aromatic N) is 3. The van der Waals surface area contributed by atoms with E-state index < -0.39 is 5.97 Å². The number of aromatic carboxylic acids is 1. The molecule has 1 aromatic heterocycles. The molecule has 2 unspecified atom stereocenters. The van der Waals surface area contributed by atoms with Gasteiger partial charge in [0, 0.05) is 25.3 Å². The Labute approximate surface area is 113 Å². The lowest BCUT2D eigenvalue weighted by Gasteiger charge is -2.23. The second-order valence-electron chi connectivity index (χ2n) is 5.54. The number of carboxylic acids is 1. The van der Waals surface area contributed by atoms with E-state index in [1.54, 1.807) is 12.3 Å². The lowest BCUT2D eigenvalue weighted by molar-refractivity contribution is 0.0696. The molecular weight excluding hydrogens is 242 g/mol. The van der Waals surface area contributed by atoms with E-state index in [9.17, 15) is 9.90 Å². The molecule has 1 N–H and O–H groups in total. The van der Waals surface area contributed by atoms with Gasteiger partial charge in [0.05, 0.1) is 0 Å². The van der Waals surface area contributed by atoms with Crippen molar-refractivity contribution < 1.29 is 9.90 Å².